The number of oxazole rings is 1. The van der Waals surface area contributed by atoms with Crippen LogP contribution in [-0.2, 0) is 11.4 Å². The van der Waals surface area contributed by atoms with Crippen LogP contribution < -0.4 is 15.7 Å². The minimum atomic E-state index is -1.29. The zero-order chi connectivity index (χ0) is 18.7. The number of aromatic hydroxyl groups is 1. The molecule has 1 amide bonds. The number of nitrogens with zero attached hydrogens (tertiary/aromatic N) is 2. The Bertz CT molecular complexity index is 1020. The Morgan fingerprint density at radius 3 is 2.77 bits per heavy atom. The number of nitrogens with one attached hydrogen (secondary N) is 1. The van der Waals surface area contributed by atoms with Crippen LogP contribution in [0, 0.1) is 0 Å². The summed E-state index contributed by atoms with van der Waals surface area (Å²) in [5.41, 5.74) is -1.36. The Morgan fingerprint density at radius 1 is 1.31 bits per heavy atom. The number of benzene rings is 1. The first-order chi connectivity index (χ1) is 12.5. The van der Waals surface area contributed by atoms with Crippen molar-refractivity contribution >= 4 is 22.8 Å². The number of fused-ring (bicyclic) bond motifs is 1. The van der Waals surface area contributed by atoms with E-state index in [2.05, 4.69) is 4.98 Å². The van der Waals surface area contributed by atoms with Gasteiger partial charge in [-0.15, -0.1) is 4.73 Å². The summed E-state index contributed by atoms with van der Waals surface area (Å²) in [6.45, 7) is -0.903. The molecule has 0 bridgehead atoms. The molecular formula is C16H13N3O7. The van der Waals surface area contributed by atoms with Crippen molar-refractivity contribution in [3.8, 4) is 5.75 Å². The van der Waals surface area contributed by atoms with Crippen molar-refractivity contribution < 1.29 is 29.1 Å². The predicted molar refractivity (Wildman–Crippen MR) is 86.6 cm³/mol. The average molecular weight is 359 g/mol. The van der Waals surface area contributed by atoms with Crippen LogP contribution in [-0.4, -0.2) is 38.3 Å². The lowest BCUT2D eigenvalue weighted by Crippen LogP contribution is -2.37. The molecule has 0 aliphatic heterocycles. The van der Waals surface area contributed by atoms with Gasteiger partial charge in [0.1, 0.15) is 18.6 Å². The number of rotatable bonds is 6. The highest BCUT2D eigenvalue weighted by Gasteiger charge is 2.23. The van der Waals surface area contributed by atoms with Gasteiger partial charge in [-0.1, -0.05) is 12.1 Å². The van der Waals surface area contributed by atoms with Crippen LogP contribution in [0.4, 0.5) is 0 Å². The van der Waals surface area contributed by atoms with Gasteiger partial charge in [-0.3, -0.25) is 14.4 Å². The summed E-state index contributed by atoms with van der Waals surface area (Å²) in [5, 5.41) is 21.2. The van der Waals surface area contributed by atoms with Crippen molar-refractivity contribution in [3.05, 3.63) is 58.5 Å². The maximum absolute atomic E-state index is 12.7. The van der Waals surface area contributed by atoms with Crippen LogP contribution >= 0.6 is 0 Å². The van der Waals surface area contributed by atoms with Gasteiger partial charge in [-0.25, -0.2) is 4.98 Å². The number of hydrogen-bond acceptors (Lipinski definition) is 7. The molecule has 0 spiro atoms. The SMILES string of the molecule is O=C(O)CNC(=O)c1c(O)c2ccccc2n(OCc2ncco2)c1=O. The van der Waals surface area contributed by atoms with Crippen LogP contribution in [0.1, 0.15) is 16.2 Å². The van der Waals surface area contributed by atoms with Crippen LogP contribution in [0.2, 0.25) is 0 Å². The smallest absolute Gasteiger partial charge is 0.322 e. The summed E-state index contributed by atoms with van der Waals surface area (Å²) in [6, 6.07) is 6.23. The minimum Gasteiger partial charge on any atom is -0.506 e. The van der Waals surface area contributed by atoms with Crippen molar-refractivity contribution in [2.75, 3.05) is 6.54 Å². The first kappa shape index (κ1) is 17.0. The first-order valence-electron chi connectivity index (χ1n) is 7.37. The summed E-state index contributed by atoms with van der Waals surface area (Å²) >= 11 is 0. The average Bonchev–Trinajstić information content (AvgIpc) is 3.13. The molecule has 0 fully saturated rings. The molecule has 0 radical (unpaired) electrons. The third-order valence-electron chi connectivity index (χ3n) is 3.44. The molecule has 1 aromatic carbocycles. The van der Waals surface area contributed by atoms with Gasteiger partial charge in [0.2, 0.25) is 5.89 Å². The Labute approximate surface area is 145 Å². The minimum absolute atomic E-state index is 0.181. The van der Waals surface area contributed by atoms with Gasteiger partial charge < -0.3 is 24.8 Å². The fourth-order valence-corrected chi connectivity index (χ4v) is 2.32. The number of aromatic nitrogens is 2. The highest BCUT2D eigenvalue weighted by atomic mass is 16.7. The summed E-state index contributed by atoms with van der Waals surface area (Å²) < 4.78 is 5.86. The van der Waals surface area contributed by atoms with Gasteiger partial charge in [0, 0.05) is 5.39 Å². The molecule has 0 saturated carbocycles. The van der Waals surface area contributed by atoms with Crippen LogP contribution in [0.5, 0.6) is 5.75 Å². The number of hydrogen-bond donors (Lipinski definition) is 3. The Kier molecular flexibility index (Phi) is 4.56. The highest BCUT2D eigenvalue weighted by molar-refractivity contribution is 6.02. The van der Waals surface area contributed by atoms with Crippen molar-refractivity contribution in [1.29, 1.82) is 0 Å². The number of carboxylic acids is 1. The van der Waals surface area contributed by atoms with Gasteiger partial charge >= 0.3 is 5.97 Å². The third kappa shape index (κ3) is 3.20. The largest absolute Gasteiger partial charge is 0.506 e. The Balaban J connectivity index is 2.08. The number of pyridine rings is 1. The monoisotopic (exact) mass is 359 g/mol. The maximum Gasteiger partial charge on any atom is 0.322 e. The Morgan fingerprint density at radius 2 is 2.08 bits per heavy atom. The lowest BCUT2D eigenvalue weighted by atomic mass is 10.1. The molecular weight excluding hydrogens is 346 g/mol. The number of aliphatic carboxylic acids is 1. The second-order valence-electron chi connectivity index (χ2n) is 5.12. The first-order valence-corrected chi connectivity index (χ1v) is 7.37. The van der Waals surface area contributed by atoms with Gasteiger partial charge in [-0.05, 0) is 12.1 Å². The van der Waals surface area contributed by atoms with E-state index < -0.39 is 35.3 Å². The standard InChI is InChI=1S/C16H13N3O7/c20-12(21)7-18-15(23)13-14(22)9-3-1-2-4-10(9)19(16(13)24)26-8-11-17-5-6-25-11/h1-6,22H,7-8H2,(H,18,23)(H,20,21). The van der Waals surface area contributed by atoms with E-state index in [0.717, 1.165) is 4.73 Å². The number of amides is 1. The molecule has 0 aliphatic rings. The number of carboxylic acid groups (broad SMARTS) is 1. The van der Waals surface area contributed by atoms with E-state index in [1.165, 1.54) is 24.6 Å². The van der Waals surface area contributed by atoms with Gasteiger partial charge in [-0.2, -0.15) is 0 Å². The number of carbonyl (C=O) groups is 2. The second kappa shape index (κ2) is 6.97. The van der Waals surface area contributed by atoms with Crippen molar-refractivity contribution in [3.63, 3.8) is 0 Å². The van der Waals surface area contributed by atoms with E-state index in [-0.39, 0.29) is 23.4 Å². The molecule has 2 aromatic heterocycles. The summed E-state index contributed by atoms with van der Waals surface area (Å²) in [7, 11) is 0. The quantitative estimate of drug-likeness (QED) is 0.564. The topological polar surface area (TPSA) is 144 Å². The van der Waals surface area contributed by atoms with Gasteiger partial charge in [0.15, 0.2) is 12.2 Å². The molecule has 3 N–H and O–H groups in total. The molecule has 0 saturated heterocycles. The second-order valence-corrected chi connectivity index (χ2v) is 5.12. The molecule has 0 unspecified atom stereocenters. The van der Waals surface area contributed by atoms with Crippen LogP contribution in [0.3, 0.4) is 0 Å². The van der Waals surface area contributed by atoms with E-state index in [1.54, 1.807) is 12.1 Å². The zero-order valence-electron chi connectivity index (χ0n) is 13.2. The fourth-order valence-electron chi connectivity index (χ4n) is 2.32. The predicted octanol–water partition coefficient (Wildman–Crippen LogP) is 0.138. The molecule has 0 aliphatic carbocycles. The van der Waals surface area contributed by atoms with Crippen LogP contribution in [0.25, 0.3) is 10.9 Å². The molecule has 3 aromatic rings. The lowest BCUT2D eigenvalue weighted by molar-refractivity contribution is -0.135. The third-order valence-corrected chi connectivity index (χ3v) is 3.44. The maximum atomic E-state index is 12.7. The lowest BCUT2D eigenvalue weighted by Gasteiger charge is -2.14. The van der Waals surface area contributed by atoms with Gasteiger partial charge in [0.25, 0.3) is 11.5 Å². The molecule has 10 heteroatoms. The van der Waals surface area contributed by atoms with E-state index in [1.807, 2.05) is 5.32 Å². The molecule has 2 heterocycles. The van der Waals surface area contributed by atoms with E-state index in [4.69, 9.17) is 14.4 Å². The van der Waals surface area contributed by atoms with Crippen molar-refractivity contribution in [2.45, 2.75) is 6.61 Å². The molecule has 0 atom stereocenters. The van der Waals surface area contributed by atoms with E-state index in [9.17, 15) is 19.5 Å². The van der Waals surface area contributed by atoms with E-state index >= 15 is 0 Å². The van der Waals surface area contributed by atoms with Crippen molar-refractivity contribution in [2.24, 2.45) is 0 Å². The summed E-state index contributed by atoms with van der Waals surface area (Å²) in [6.07, 6.45) is 2.74. The normalized spacial score (nSPS) is 10.6. The summed E-state index contributed by atoms with van der Waals surface area (Å²) in [5.74, 6) is -2.69. The molecule has 134 valence electrons. The van der Waals surface area contributed by atoms with Crippen molar-refractivity contribution in [1.82, 2.24) is 15.0 Å². The number of carbonyl (C=O) groups excluding carboxylic acids is 1. The van der Waals surface area contributed by atoms with E-state index in [0.29, 0.717) is 0 Å². The molecule has 10 nitrogen and oxygen atoms in total. The van der Waals surface area contributed by atoms with Gasteiger partial charge in [0.05, 0.1) is 11.7 Å². The Hall–Kier alpha value is -3.82. The summed E-state index contributed by atoms with van der Waals surface area (Å²) in [4.78, 5) is 44.7. The number of para-hydroxylation sites is 1. The highest BCUT2D eigenvalue weighted by Crippen LogP contribution is 2.25. The molecule has 3 rings (SSSR count). The fraction of sp³-hybridized carbons (Fsp3) is 0.125. The zero-order valence-corrected chi connectivity index (χ0v) is 13.2. The van der Waals surface area contributed by atoms with Crippen LogP contribution in [0.15, 0.2) is 45.9 Å². The molecule has 26 heavy (non-hydrogen) atoms.